The van der Waals surface area contributed by atoms with Gasteiger partial charge in [-0.1, -0.05) is 34.1 Å². The molecule has 0 radical (unpaired) electrons. The molecule has 1 saturated heterocycles. The van der Waals surface area contributed by atoms with Crippen LogP contribution < -0.4 is 0 Å². The maximum absolute atomic E-state index is 15.2. The number of hydrogen-bond acceptors (Lipinski definition) is 3. The van der Waals surface area contributed by atoms with Gasteiger partial charge in [-0.15, -0.1) is 0 Å². The summed E-state index contributed by atoms with van der Waals surface area (Å²) in [4.78, 5) is 18.8. The van der Waals surface area contributed by atoms with Crippen molar-refractivity contribution >= 4 is 46.8 Å². The summed E-state index contributed by atoms with van der Waals surface area (Å²) in [6, 6.07) is 8.09. The highest BCUT2D eigenvalue weighted by Crippen LogP contribution is 2.58. The zero-order valence-corrected chi connectivity index (χ0v) is 23.1. The van der Waals surface area contributed by atoms with Crippen LogP contribution >= 0.6 is 29.4 Å². The normalized spacial score (nSPS) is 21.4. The third-order valence-electron chi connectivity index (χ3n) is 6.76. The van der Waals surface area contributed by atoms with Crippen LogP contribution in [0.3, 0.4) is 0 Å². The SMILES string of the molecule is CC(C)(C)OC(=O)N1CCC[C@H]1C1=NC=C(c2ccc3c(c2)C(F)(F)C(F)(F)c2cc(Br)ccc2-3)C1.S. The van der Waals surface area contributed by atoms with Crippen molar-refractivity contribution in [3.05, 3.63) is 63.8 Å². The Kier molecular flexibility index (Phi) is 7.07. The van der Waals surface area contributed by atoms with Gasteiger partial charge in [0.25, 0.3) is 0 Å². The molecule has 2 aromatic carbocycles. The third-order valence-corrected chi connectivity index (χ3v) is 7.25. The smallest absolute Gasteiger partial charge is 0.410 e. The maximum Gasteiger partial charge on any atom is 0.410 e. The molecule has 198 valence electrons. The molecule has 37 heavy (non-hydrogen) atoms. The molecule has 0 aromatic heterocycles. The third kappa shape index (κ3) is 4.71. The lowest BCUT2D eigenvalue weighted by molar-refractivity contribution is -0.225. The van der Waals surface area contributed by atoms with Crippen LogP contribution in [-0.2, 0) is 16.6 Å². The molecule has 1 amide bonds. The van der Waals surface area contributed by atoms with Crippen molar-refractivity contribution in [2.24, 2.45) is 4.99 Å². The Bertz CT molecular complexity index is 1320. The van der Waals surface area contributed by atoms with E-state index in [4.69, 9.17) is 4.74 Å². The molecule has 0 saturated carbocycles. The summed E-state index contributed by atoms with van der Waals surface area (Å²) >= 11 is 3.11. The first-order valence-electron chi connectivity index (χ1n) is 11.8. The highest BCUT2D eigenvalue weighted by atomic mass is 79.9. The molecule has 10 heteroatoms. The van der Waals surface area contributed by atoms with Gasteiger partial charge in [0.1, 0.15) is 5.60 Å². The van der Waals surface area contributed by atoms with E-state index in [-0.39, 0.29) is 30.7 Å². The summed E-state index contributed by atoms with van der Waals surface area (Å²) in [5.74, 6) is -8.74. The van der Waals surface area contributed by atoms with Gasteiger partial charge >= 0.3 is 17.9 Å². The maximum atomic E-state index is 15.2. The summed E-state index contributed by atoms with van der Waals surface area (Å²) < 4.78 is 66.2. The molecule has 0 N–H and O–H groups in total. The Hall–Kier alpha value is -2.33. The summed E-state index contributed by atoms with van der Waals surface area (Å²) in [7, 11) is 0. The van der Waals surface area contributed by atoms with Crippen LogP contribution in [0.15, 0.2) is 52.1 Å². The molecule has 4 nitrogen and oxygen atoms in total. The molecule has 3 aliphatic rings. The molecule has 1 fully saturated rings. The number of allylic oxidation sites excluding steroid dienone is 1. The van der Waals surface area contributed by atoms with E-state index in [1.54, 1.807) is 44.0 Å². The fourth-order valence-corrected chi connectivity index (χ4v) is 5.43. The molecule has 1 aliphatic carbocycles. The van der Waals surface area contributed by atoms with Gasteiger partial charge in [0, 0.05) is 40.5 Å². The van der Waals surface area contributed by atoms with Gasteiger partial charge in [-0.05, 0) is 74.1 Å². The minimum atomic E-state index is -4.38. The summed E-state index contributed by atoms with van der Waals surface area (Å²) in [6.07, 6.45) is 3.02. The van der Waals surface area contributed by atoms with E-state index in [0.29, 0.717) is 28.6 Å². The number of ether oxygens (including phenoxy) is 1. The second kappa shape index (κ2) is 9.45. The second-order valence-electron chi connectivity index (χ2n) is 10.4. The molecule has 0 spiro atoms. The Balaban J connectivity index is 0.00000320. The van der Waals surface area contributed by atoms with Gasteiger partial charge in [0.15, 0.2) is 0 Å². The van der Waals surface area contributed by atoms with Gasteiger partial charge in [-0.3, -0.25) is 9.89 Å². The van der Waals surface area contributed by atoms with Crippen LogP contribution in [0, 0.1) is 0 Å². The Morgan fingerprint density at radius 3 is 2.32 bits per heavy atom. The van der Waals surface area contributed by atoms with E-state index >= 15 is 8.78 Å². The van der Waals surface area contributed by atoms with Gasteiger partial charge in [-0.2, -0.15) is 31.1 Å². The number of aliphatic imine (C=N–C) groups is 1. The number of likely N-dealkylation sites (tertiary alicyclic amines) is 1. The highest BCUT2D eigenvalue weighted by molar-refractivity contribution is 9.10. The van der Waals surface area contributed by atoms with E-state index in [1.165, 1.54) is 12.1 Å². The molecular weight excluding hydrogens is 572 g/mol. The molecule has 0 unspecified atom stereocenters. The van der Waals surface area contributed by atoms with Gasteiger partial charge < -0.3 is 4.74 Å². The van der Waals surface area contributed by atoms with E-state index < -0.39 is 34.7 Å². The second-order valence-corrected chi connectivity index (χ2v) is 11.3. The largest absolute Gasteiger partial charge is 0.444 e. The predicted octanol–water partition coefficient (Wildman–Crippen LogP) is 8.01. The van der Waals surface area contributed by atoms with E-state index in [2.05, 4.69) is 20.9 Å². The molecule has 0 bridgehead atoms. The van der Waals surface area contributed by atoms with E-state index in [9.17, 15) is 13.6 Å². The van der Waals surface area contributed by atoms with E-state index in [0.717, 1.165) is 30.7 Å². The molecule has 2 aromatic rings. The Morgan fingerprint density at radius 2 is 1.68 bits per heavy atom. The van der Waals surface area contributed by atoms with Crippen LogP contribution in [0.1, 0.15) is 56.7 Å². The number of amides is 1. The van der Waals surface area contributed by atoms with Crippen molar-refractivity contribution in [1.29, 1.82) is 0 Å². The van der Waals surface area contributed by atoms with Crippen LogP contribution in [-0.4, -0.2) is 34.9 Å². The lowest BCUT2D eigenvalue weighted by Gasteiger charge is -2.35. The molecular formula is C27H27BrF4N2O2S. The highest BCUT2D eigenvalue weighted by Gasteiger charge is 2.62. The standard InChI is InChI=1S/C27H25BrF4N2O2.H2S/c1-25(2,3)36-24(35)34-10-4-5-23(34)22-12-16(14-33-22)15-6-8-18-19-9-7-17(28)13-21(19)27(31,32)26(29,30)20(18)11-15;/h6-9,11,13-14,23H,4-5,10,12H2,1-3H3;1H2/t23-;/m0./s1. The van der Waals surface area contributed by atoms with Crippen molar-refractivity contribution in [2.45, 2.75) is 63.5 Å². The van der Waals surface area contributed by atoms with Gasteiger partial charge in [0.2, 0.25) is 0 Å². The first-order valence-corrected chi connectivity index (χ1v) is 12.5. The van der Waals surface area contributed by atoms with Crippen molar-refractivity contribution in [1.82, 2.24) is 4.90 Å². The van der Waals surface area contributed by atoms with Crippen molar-refractivity contribution in [3.63, 3.8) is 0 Å². The lowest BCUT2D eigenvalue weighted by atomic mass is 9.79. The average molecular weight is 599 g/mol. The van der Waals surface area contributed by atoms with Crippen molar-refractivity contribution in [2.75, 3.05) is 6.54 Å². The van der Waals surface area contributed by atoms with Crippen molar-refractivity contribution in [3.8, 4) is 11.1 Å². The van der Waals surface area contributed by atoms with E-state index in [1.807, 2.05) is 0 Å². The number of fused-ring (bicyclic) bond motifs is 3. The fraction of sp³-hybridized carbons (Fsp3) is 0.407. The van der Waals surface area contributed by atoms with Crippen LogP contribution in [0.5, 0.6) is 0 Å². The fourth-order valence-electron chi connectivity index (χ4n) is 5.07. The van der Waals surface area contributed by atoms with Gasteiger partial charge in [0.05, 0.1) is 6.04 Å². The molecule has 5 rings (SSSR count). The quantitative estimate of drug-likeness (QED) is 0.328. The molecule has 1 atom stereocenters. The number of carbonyl (C=O) groups excluding carboxylic acids is 1. The monoisotopic (exact) mass is 598 g/mol. The predicted molar refractivity (Wildman–Crippen MR) is 144 cm³/mol. The summed E-state index contributed by atoms with van der Waals surface area (Å²) in [6.45, 7) is 5.95. The zero-order valence-electron chi connectivity index (χ0n) is 20.5. The number of carbonyl (C=O) groups is 1. The topological polar surface area (TPSA) is 41.9 Å². The van der Waals surface area contributed by atoms with Crippen LogP contribution in [0.2, 0.25) is 0 Å². The number of alkyl halides is 4. The summed E-state index contributed by atoms with van der Waals surface area (Å²) in [5.41, 5.74) is -0.0678. The first-order chi connectivity index (χ1) is 16.8. The summed E-state index contributed by atoms with van der Waals surface area (Å²) in [5, 5.41) is 0. The Labute approximate surface area is 228 Å². The number of benzene rings is 2. The number of halogens is 5. The minimum absolute atomic E-state index is 0. The van der Waals surface area contributed by atoms with Gasteiger partial charge in [-0.25, -0.2) is 4.79 Å². The Morgan fingerprint density at radius 1 is 1.05 bits per heavy atom. The first kappa shape index (κ1) is 27.7. The van der Waals surface area contributed by atoms with Crippen LogP contribution in [0.4, 0.5) is 22.4 Å². The average Bonchev–Trinajstić information content (AvgIpc) is 3.46. The lowest BCUT2D eigenvalue weighted by Crippen LogP contribution is -2.43. The number of rotatable bonds is 2. The minimum Gasteiger partial charge on any atom is -0.444 e. The number of nitrogens with zero attached hydrogens (tertiary/aromatic N) is 2. The molecule has 2 heterocycles. The zero-order chi connectivity index (χ0) is 26.0. The van der Waals surface area contributed by atoms with Crippen molar-refractivity contribution < 1.29 is 27.1 Å². The molecule has 2 aliphatic heterocycles. The van der Waals surface area contributed by atoms with Crippen LogP contribution in [0.25, 0.3) is 16.7 Å². The number of hydrogen-bond donors (Lipinski definition) is 0.